The van der Waals surface area contributed by atoms with E-state index in [1.807, 2.05) is 0 Å². The first-order valence-corrected chi connectivity index (χ1v) is 2.89. The third-order valence-electron chi connectivity index (χ3n) is 1.38. The highest BCUT2D eigenvalue weighted by Crippen LogP contribution is 1.93. The molecule has 0 aliphatic rings. The van der Waals surface area contributed by atoms with Gasteiger partial charge in [-0.1, -0.05) is 4.73 Å². The maximum atomic E-state index is 12.6. The van der Waals surface area contributed by atoms with Crippen molar-refractivity contribution in [2.24, 2.45) is 0 Å². The topological polar surface area (TPSA) is 84.5 Å². The van der Waals surface area contributed by atoms with Crippen LogP contribution < -0.4 is 11.2 Å². The van der Waals surface area contributed by atoms with Crippen molar-refractivity contribution in [3.63, 3.8) is 0 Å². The Morgan fingerprint density at radius 3 is 2.25 bits per heavy atom. The van der Waals surface area contributed by atoms with Crippen LogP contribution in [0.4, 0.5) is 4.39 Å². The highest BCUT2D eigenvalue weighted by atomic mass is 19.1. The average molecular weight is 176 g/mol. The van der Waals surface area contributed by atoms with Gasteiger partial charge in [-0.3, -0.25) is 4.79 Å². The zero-order chi connectivity index (χ0) is 9.46. The van der Waals surface area contributed by atoms with Crippen LogP contribution in [0.15, 0.2) is 9.59 Å². The van der Waals surface area contributed by atoms with Gasteiger partial charge in [0.25, 0.3) is 0 Å². The summed E-state index contributed by atoms with van der Waals surface area (Å²) in [6, 6.07) is 0. The van der Waals surface area contributed by atoms with Crippen molar-refractivity contribution in [1.82, 2.24) is 9.46 Å². The number of hydrogen-bond donors (Lipinski definition) is 2. The van der Waals surface area contributed by atoms with E-state index in [2.05, 4.69) is 0 Å². The fourth-order valence-corrected chi connectivity index (χ4v) is 0.661. The number of halogens is 1. The third kappa shape index (κ3) is 0.865. The maximum Gasteiger partial charge on any atom is 0.397 e. The van der Waals surface area contributed by atoms with Crippen LogP contribution in [0.2, 0.25) is 0 Å². The van der Waals surface area contributed by atoms with Crippen LogP contribution in [0.1, 0.15) is 5.69 Å². The highest BCUT2D eigenvalue weighted by Gasteiger charge is 2.14. The molecule has 66 valence electrons. The molecular formula is C5H5FN2O4. The van der Waals surface area contributed by atoms with Crippen LogP contribution in [0.3, 0.4) is 0 Å². The van der Waals surface area contributed by atoms with Gasteiger partial charge in [0.1, 0.15) is 5.69 Å². The minimum Gasteiger partial charge on any atom is -0.424 e. The normalized spacial score (nSPS) is 10.2. The summed E-state index contributed by atoms with van der Waals surface area (Å²) < 4.78 is 12.0. The van der Waals surface area contributed by atoms with Crippen LogP contribution >= 0.6 is 0 Å². The van der Waals surface area contributed by atoms with Gasteiger partial charge in [0.05, 0.1) is 0 Å². The van der Waals surface area contributed by atoms with Gasteiger partial charge in [-0.2, -0.15) is 4.39 Å². The Kier molecular flexibility index (Phi) is 1.64. The Morgan fingerprint density at radius 2 is 1.75 bits per heavy atom. The molecule has 0 radical (unpaired) electrons. The molecule has 0 saturated carbocycles. The summed E-state index contributed by atoms with van der Waals surface area (Å²) in [5.74, 6) is -1.38. The molecular weight excluding hydrogens is 171 g/mol. The van der Waals surface area contributed by atoms with Crippen molar-refractivity contribution < 1.29 is 14.8 Å². The van der Waals surface area contributed by atoms with Crippen LogP contribution in [-0.2, 0) is 0 Å². The maximum absolute atomic E-state index is 12.6. The smallest absolute Gasteiger partial charge is 0.397 e. The van der Waals surface area contributed by atoms with Gasteiger partial charge in [-0.15, -0.1) is 4.73 Å². The Bertz CT molecular complexity index is 395. The van der Waals surface area contributed by atoms with E-state index in [4.69, 9.17) is 10.4 Å². The van der Waals surface area contributed by atoms with Crippen molar-refractivity contribution >= 4 is 0 Å². The molecule has 1 aromatic heterocycles. The van der Waals surface area contributed by atoms with Crippen LogP contribution in [0, 0.1) is 12.7 Å². The first-order valence-electron chi connectivity index (χ1n) is 2.89. The van der Waals surface area contributed by atoms with E-state index in [0.717, 1.165) is 6.92 Å². The number of nitrogens with zero attached hydrogens (tertiary/aromatic N) is 2. The quantitative estimate of drug-likeness (QED) is 0.493. The lowest BCUT2D eigenvalue weighted by Gasteiger charge is -2.02. The van der Waals surface area contributed by atoms with Gasteiger partial charge in [0, 0.05) is 0 Å². The molecule has 0 amide bonds. The average Bonchev–Trinajstić information content (AvgIpc) is 2.08. The van der Waals surface area contributed by atoms with Gasteiger partial charge >= 0.3 is 11.2 Å². The minimum atomic E-state index is -1.48. The zero-order valence-corrected chi connectivity index (χ0v) is 5.98. The number of aromatic nitrogens is 2. The molecule has 0 fully saturated rings. The predicted molar refractivity (Wildman–Crippen MR) is 34.0 cm³/mol. The van der Waals surface area contributed by atoms with Crippen molar-refractivity contribution in [3.8, 4) is 0 Å². The summed E-state index contributed by atoms with van der Waals surface area (Å²) in [6.45, 7) is 1.03. The molecule has 0 bridgehead atoms. The summed E-state index contributed by atoms with van der Waals surface area (Å²) in [7, 11) is 0. The van der Waals surface area contributed by atoms with E-state index in [0.29, 0.717) is 0 Å². The Labute approximate surface area is 64.6 Å². The summed E-state index contributed by atoms with van der Waals surface area (Å²) >= 11 is 0. The van der Waals surface area contributed by atoms with E-state index in [1.54, 1.807) is 0 Å². The molecule has 7 heteroatoms. The molecule has 0 saturated heterocycles. The standard InChI is InChI=1S/C5H5FN2O4/c1-2-3(6)4(9)8(12)5(10)7(2)11/h11-12H,1H3. The van der Waals surface area contributed by atoms with Crippen LogP contribution in [0.5, 0.6) is 0 Å². The van der Waals surface area contributed by atoms with Crippen LogP contribution in [0.25, 0.3) is 0 Å². The van der Waals surface area contributed by atoms with Gasteiger partial charge in [0.15, 0.2) is 0 Å². The molecule has 0 spiro atoms. The summed E-state index contributed by atoms with van der Waals surface area (Å²) in [4.78, 5) is 21.2. The van der Waals surface area contributed by atoms with Crippen molar-refractivity contribution in [2.45, 2.75) is 6.92 Å². The lowest BCUT2D eigenvalue weighted by molar-refractivity contribution is 0.0909. The Hall–Kier alpha value is -1.79. The van der Waals surface area contributed by atoms with Crippen molar-refractivity contribution in [1.29, 1.82) is 0 Å². The molecule has 12 heavy (non-hydrogen) atoms. The highest BCUT2D eigenvalue weighted by molar-refractivity contribution is 5.00. The number of rotatable bonds is 0. The Balaban J connectivity index is 3.86. The first kappa shape index (κ1) is 8.31. The molecule has 1 aromatic rings. The van der Waals surface area contributed by atoms with Crippen molar-refractivity contribution in [2.75, 3.05) is 0 Å². The third-order valence-corrected chi connectivity index (χ3v) is 1.38. The second-order valence-corrected chi connectivity index (χ2v) is 2.11. The summed E-state index contributed by atoms with van der Waals surface area (Å²) in [6.07, 6.45) is 0. The van der Waals surface area contributed by atoms with Gasteiger partial charge in [-0.05, 0) is 6.92 Å². The van der Waals surface area contributed by atoms with E-state index in [9.17, 15) is 14.0 Å². The molecule has 0 atom stereocenters. The molecule has 6 nitrogen and oxygen atoms in total. The fraction of sp³-hybridized carbons (Fsp3) is 0.200. The second-order valence-electron chi connectivity index (χ2n) is 2.11. The predicted octanol–water partition coefficient (Wildman–Crippen LogP) is -1.07. The molecule has 1 rings (SSSR count). The minimum absolute atomic E-state index is 0.156. The first-order chi connectivity index (χ1) is 5.46. The molecule has 0 aliphatic heterocycles. The monoisotopic (exact) mass is 176 g/mol. The molecule has 0 unspecified atom stereocenters. The number of hydrogen-bond acceptors (Lipinski definition) is 4. The van der Waals surface area contributed by atoms with E-state index in [-0.39, 0.29) is 4.73 Å². The lowest BCUT2D eigenvalue weighted by atomic mass is 10.4. The van der Waals surface area contributed by atoms with E-state index in [1.165, 1.54) is 0 Å². The molecule has 0 aromatic carbocycles. The Morgan fingerprint density at radius 1 is 1.25 bits per heavy atom. The molecule has 1 heterocycles. The van der Waals surface area contributed by atoms with Gasteiger partial charge < -0.3 is 10.4 Å². The largest absolute Gasteiger partial charge is 0.424 e. The second kappa shape index (κ2) is 2.36. The van der Waals surface area contributed by atoms with Gasteiger partial charge in [0.2, 0.25) is 5.82 Å². The summed E-state index contributed by atoms with van der Waals surface area (Å²) in [5.41, 5.74) is -3.43. The zero-order valence-electron chi connectivity index (χ0n) is 5.98. The van der Waals surface area contributed by atoms with E-state index >= 15 is 0 Å². The molecule has 0 aliphatic carbocycles. The van der Waals surface area contributed by atoms with Crippen LogP contribution in [-0.4, -0.2) is 19.9 Å². The van der Waals surface area contributed by atoms with Gasteiger partial charge in [-0.25, -0.2) is 4.79 Å². The lowest BCUT2D eigenvalue weighted by Crippen LogP contribution is -2.41. The molecule has 2 N–H and O–H groups in total. The van der Waals surface area contributed by atoms with Crippen molar-refractivity contribution in [3.05, 3.63) is 32.3 Å². The fourth-order valence-electron chi connectivity index (χ4n) is 0.661. The SMILES string of the molecule is Cc1c(F)c(=O)n(O)c(=O)n1O. The van der Waals surface area contributed by atoms with E-state index < -0.39 is 27.5 Å². The summed E-state index contributed by atoms with van der Waals surface area (Å²) in [5, 5.41) is 17.3.